The monoisotopic (exact) mass is 185 g/mol. The lowest BCUT2D eigenvalue weighted by atomic mass is 10.0. The van der Waals surface area contributed by atoms with Gasteiger partial charge in [-0.25, -0.2) is 0 Å². The summed E-state index contributed by atoms with van der Waals surface area (Å²) >= 11 is 0. The summed E-state index contributed by atoms with van der Waals surface area (Å²) in [6.07, 6.45) is 10.7. The molecule has 2 aliphatic rings. The number of hydrogen-bond acceptors (Lipinski definition) is 1. The molecule has 1 aromatic rings. The van der Waals surface area contributed by atoms with Gasteiger partial charge in [0.1, 0.15) is 0 Å². The number of fused-ring (bicyclic) bond motifs is 3. The molecule has 1 aromatic heterocycles. The van der Waals surface area contributed by atoms with Crippen LogP contribution < -0.4 is 10.7 Å². The summed E-state index contributed by atoms with van der Waals surface area (Å²) in [4.78, 5) is 0. The quantitative estimate of drug-likeness (QED) is 0.629. The second-order valence-corrected chi connectivity index (χ2v) is 3.75. The molecule has 0 bridgehead atoms. The fourth-order valence-corrected chi connectivity index (χ4v) is 2.24. The molecular weight excluding hydrogens is 174 g/mol. The number of hydrogen-bond donors (Lipinski definition) is 1. The van der Waals surface area contributed by atoms with Gasteiger partial charge in [0.25, 0.3) is 0 Å². The van der Waals surface area contributed by atoms with Crippen LogP contribution in [0, 0.1) is 0 Å². The average molecular weight is 185 g/mol. The van der Waals surface area contributed by atoms with Crippen LogP contribution >= 0.6 is 0 Å². The van der Waals surface area contributed by atoms with Gasteiger partial charge >= 0.3 is 0 Å². The van der Waals surface area contributed by atoms with Gasteiger partial charge in [0.05, 0.1) is 5.76 Å². The maximum atomic E-state index is 9.48. The van der Waals surface area contributed by atoms with Gasteiger partial charge in [-0.05, 0) is 23.8 Å². The molecule has 0 spiro atoms. The van der Waals surface area contributed by atoms with Crippen LogP contribution in [-0.2, 0) is 13.5 Å². The summed E-state index contributed by atoms with van der Waals surface area (Å²) in [5.41, 5.74) is 2.51. The van der Waals surface area contributed by atoms with E-state index in [4.69, 9.17) is 0 Å². The van der Waals surface area contributed by atoms with Crippen LogP contribution in [0.3, 0.4) is 0 Å². The Morgan fingerprint density at radius 2 is 2.07 bits per heavy atom. The molecule has 3 rings (SSSR count). The Balaban J connectivity index is 2.44. The lowest BCUT2D eigenvalue weighted by Crippen LogP contribution is -2.25. The van der Waals surface area contributed by atoms with Crippen LogP contribution in [-0.4, -0.2) is 9.67 Å². The van der Waals surface area contributed by atoms with E-state index >= 15 is 0 Å². The van der Waals surface area contributed by atoms with E-state index in [0.29, 0.717) is 12.2 Å². The molecule has 14 heavy (non-hydrogen) atoms. The largest absolute Gasteiger partial charge is 0.512 e. The maximum absolute atomic E-state index is 9.48. The average Bonchev–Trinajstić information content (AvgIpc) is 2.71. The third-order valence-corrected chi connectivity index (χ3v) is 2.94. The van der Waals surface area contributed by atoms with Gasteiger partial charge in [-0.3, -0.25) is 0 Å². The number of nitrogens with zero attached hydrogens (tertiary/aromatic N) is 1. The lowest BCUT2D eigenvalue weighted by molar-refractivity contribution is 0.398. The minimum atomic E-state index is 0.450. The normalized spacial score (nSPS) is 16.8. The van der Waals surface area contributed by atoms with E-state index in [-0.39, 0.29) is 0 Å². The predicted molar refractivity (Wildman–Crippen MR) is 57.0 cm³/mol. The summed E-state index contributed by atoms with van der Waals surface area (Å²) in [5, 5.41) is 11.9. The summed E-state index contributed by atoms with van der Waals surface area (Å²) in [6.45, 7) is 0. The molecule has 0 unspecified atom stereocenters. The molecule has 2 heteroatoms. The topological polar surface area (TPSA) is 25.2 Å². The Labute approximate surface area is 81.8 Å². The minimum Gasteiger partial charge on any atom is -0.512 e. The molecule has 1 N–H and O–H groups in total. The van der Waals surface area contributed by atoms with Crippen molar-refractivity contribution in [2.24, 2.45) is 7.05 Å². The van der Waals surface area contributed by atoms with Gasteiger partial charge in [-0.2, -0.15) is 0 Å². The van der Waals surface area contributed by atoms with E-state index in [0.717, 1.165) is 0 Å². The van der Waals surface area contributed by atoms with Gasteiger partial charge in [-0.15, -0.1) is 0 Å². The molecule has 0 fully saturated rings. The van der Waals surface area contributed by atoms with Crippen molar-refractivity contribution >= 4 is 18.2 Å². The highest BCUT2D eigenvalue weighted by molar-refractivity contribution is 5.70. The summed E-state index contributed by atoms with van der Waals surface area (Å²) < 4.78 is 2.17. The second kappa shape index (κ2) is 2.41. The zero-order valence-corrected chi connectivity index (χ0v) is 7.99. The van der Waals surface area contributed by atoms with E-state index in [2.05, 4.69) is 29.8 Å². The Kier molecular flexibility index (Phi) is 1.32. The van der Waals surface area contributed by atoms with E-state index < -0.39 is 0 Å². The molecule has 0 aromatic carbocycles. The third-order valence-electron chi connectivity index (χ3n) is 2.94. The fraction of sp³-hybridized carbons (Fsp3) is 0.167. The van der Waals surface area contributed by atoms with Crippen molar-refractivity contribution in [2.75, 3.05) is 0 Å². The molecule has 0 saturated heterocycles. The Hall–Kier alpha value is -1.70. The molecule has 2 aliphatic carbocycles. The van der Waals surface area contributed by atoms with Gasteiger partial charge in [0.2, 0.25) is 0 Å². The molecular formula is C12H11NO. The number of aliphatic hydroxyl groups is 1. The standard InChI is InChI=1S/C12H11NO/c1-13-11-4-2-3-9(11)10-7-8(14)5-6-12(10)13/h2-6,14H,7H2,1H3. The van der Waals surface area contributed by atoms with Crippen molar-refractivity contribution in [2.45, 2.75) is 6.42 Å². The summed E-state index contributed by atoms with van der Waals surface area (Å²) in [6, 6.07) is 0. The first-order chi connectivity index (χ1) is 6.77. The van der Waals surface area contributed by atoms with Gasteiger partial charge in [0.15, 0.2) is 0 Å². The first kappa shape index (κ1) is 7.68. The molecule has 2 nitrogen and oxygen atoms in total. The summed E-state index contributed by atoms with van der Waals surface area (Å²) in [5.74, 6) is 0.450. The zero-order chi connectivity index (χ0) is 9.71. The third kappa shape index (κ3) is 0.803. The van der Waals surface area contributed by atoms with Crippen molar-refractivity contribution in [3.63, 3.8) is 0 Å². The number of aromatic nitrogens is 1. The first-order valence-corrected chi connectivity index (χ1v) is 4.73. The van der Waals surface area contributed by atoms with Gasteiger partial charge in [0, 0.05) is 29.7 Å². The highest BCUT2D eigenvalue weighted by Gasteiger charge is 2.15. The molecule has 0 saturated carbocycles. The van der Waals surface area contributed by atoms with Crippen molar-refractivity contribution < 1.29 is 5.11 Å². The fourth-order valence-electron chi connectivity index (χ4n) is 2.24. The highest BCUT2D eigenvalue weighted by Crippen LogP contribution is 2.13. The molecule has 0 amide bonds. The van der Waals surface area contributed by atoms with Crippen molar-refractivity contribution in [3.05, 3.63) is 39.7 Å². The molecule has 0 atom stereocenters. The van der Waals surface area contributed by atoms with E-state index in [1.54, 1.807) is 6.08 Å². The van der Waals surface area contributed by atoms with Gasteiger partial charge in [-0.1, -0.05) is 12.2 Å². The van der Waals surface area contributed by atoms with Crippen LogP contribution in [0.5, 0.6) is 0 Å². The van der Waals surface area contributed by atoms with Crippen LogP contribution in [0.4, 0.5) is 0 Å². The van der Waals surface area contributed by atoms with Crippen molar-refractivity contribution in [1.82, 2.24) is 4.57 Å². The maximum Gasteiger partial charge on any atom is 0.0968 e. The summed E-state index contributed by atoms with van der Waals surface area (Å²) in [7, 11) is 2.06. The molecule has 70 valence electrons. The Morgan fingerprint density at radius 3 is 2.93 bits per heavy atom. The Morgan fingerprint density at radius 1 is 1.21 bits per heavy atom. The van der Waals surface area contributed by atoms with Crippen LogP contribution in [0.15, 0.2) is 17.9 Å². The lowest BCUT2D eigenvalue weighted by Gasteiger charge is -2.04. The SMILES string of the molecule is Cn1c2c(c3c1=CC=C(O)C3)C=CC=2. The zero-order valence-electron chi connectivity index (χ0n) is 7.99. The first-order valence-electron chi connectivity index (χ1n) is 4.73. The Bertz CT molecular complexity index is 585. The second-order valence-electron chi connectivity index (χ2n) is 3.75. The van der Waals surface area contributed by atoms with E-state index in [1.807, 2.05) is 6.08 Å². The molecule has 1 heterocycles. The molecule has 0 radical (unpaired) electrons. The van der Waals surface area contributed by atoms with Crippen LogP contribution in [0.1, 0.15) is 11.1 Å². The van der Waals surface area contributed by atoms with Crippen LogP contribution in [0.25, 0.3) is 18.2 Å². The number of allylic oxidation sites excluding steroid dienone is 3. The van der Waals surface area contributed by atoms with Crippen molar-refractivity contribution in [1.29, 1.82) is 0 Å². The van der Waals surface area contributed by atoms with Gasteiger partial charge < -0.3 is 9.67 Å². The predicted octanol–water partition coefficient (Wildman–Crippen LogP) is 0.611. The van der Waals surface area contributed by atoms with E-state index in [9.17, 15) is 5.11 Å². The molecule has 0 aliphatic heterocycles. The highest BCUT2D eigenvalue weighted by atomic mass is 16.3. The van der Waals surface area contributed by atoms with Crippen molar-refractivity contribution in [3.8, 4) is 0 Å². The number of aliphatic hydroxyl groups excluding tert-OH is 1. The van der Waals surface area contributed by atoms with Crippen LogP contribution in [0.2, 0.25) is 0 Å². The van der Waals surface area contributed by atoms with E-state index in [1.165, 1.54) is 21.8 Å². The minimum absolute atomic E-state index is 0.450. The number of rotatable bonds is 0. The smallest absolute Gasteiger partial charge is 0.0968 e.